The fraction of sp³-hybridized carbons (Fsp3) is 0.538. The number of carbonyl (C=O) groups is 1. The number of aryl methyl sites for hydroxylation is 1. The van der Waals surface area contributed by atoms with E-state index in [1.54, 1.807) is 19.3 Å². The lowest BCUT2D eigenvalue weighted by molar-refractivity contribution is -0.130. The van der Waals surface area contributed by atoms with Crippen molar-refractivity contribution in [2.45, 2.75) is 12.8 Å². The van der Waals surface area contributed by atoms with Gasteiger partial charge in [0.1, 0.15) is 0 Å². The molecule has 0 aliphatic carbocycles. The predicted molar refractivity (Wildman–Crippen MR) is 79.6 cm³/mol. The number of carbonyl (C=O) groups excluding carboxylic acids is 1. The summed E-state index contributed by atoms with van der Waals surface area (Å²) in [6, 6.07) is 1.60. The maximum absolute atomic E-state index is 12.5. The van der Waals surface area contributed by atoms with Gasteiger partial charge in [0.2, 0.25) is 5.91 Å². The summed E-state index contributed by atoms with van der Waals surface area (Å²) in [5, 5.41) is 2.85. The number of halogens is 1. The summed E-state index contributed by atoms with van der Waals surface area (Å²) in [6.07, 6.45) is 2.82. The van der Waals surface area contributed by atoms with Crippen LogP contribution in [0.25, 0.3) is 0 Å². The van der Waals surface area contributed by atoms with E-state index >= 15 is 0 Å². The Balaban J connectivity index is 2.20. The molecule has 0 radical (unpaired) electrons. The molecule has 0 aromatic carbocycles. The number of hydrogen-bond acceptors (Lipinski definition) is 4. The van der Waals surface area contributed by atoms with Crippen molar-refractivity contribution in [2.24, 2.45) is 18.2 Å². The highest BCUT2D eigenvalue weighted by Crippen LogP contribution is 2.31. The van der Waals surface area contributed by atoms with Crippen molar-refractivity contribution in [3.8, 4) is 0 Å². The van der Waals surface area contributed by atoms with Gasteiger partial charge in [0, 0.05) is 33.0 Å². The summed E-state index contributed by atoms with van der Waals surface area (Å²) in [6.45, 7) is 1.37. The second-order valence-electron chi connectivity index (χ2n) is 5.04. The van der Waals surface area contributed by atoms with E-state index < -0.39 is 5.41 Å². The number of rotatable bonds is 3. The Labute approximate surface area is 125 Å². The third kappa shape index (κ3) is 2.94. The van der Waals surface area contributed by atoms with Crippen LogP contribution in [0.1, 0.15) is 12.8 Å². The summed E-state index contributed by atoms with van der Waals surface area (Å²) in [7, 11) is 1.63. The summed E-state index contributed by atoms with van der Waals surface area (Å²) < 4.78 is 7.12. The molecular formula is C13H18BrN3O3. The van der Waals surface area contributed by atoms with Crippen LogP contribution in [0.3, 0.4) is 0 Å². The van der Waals surface area contributed by atoms with Gasteiger partial charge in [-0.15, -0.1) is 0 Å². The van der Waals surface area contributed by atoms with E-state index in [-0.39, 0.29) is 18.0 Å². The standard InChI is InChI=1S/C13H18BrN3O3/c1-17-7-9(6-10(14)11(17)18)16-12(19)13(8-15)2-4-20-5-3-13/h6-7H,2-5,8,15H2,1H3,(H,16,19). The number of hydrogen-bond donors (Lipinski definition) is 2. The highest BCUT2D eigenvalue weighted by atomic mass is 79.9. The van der Waals surface area contributed by atoms with Gasteiger partial charge in [0.15, 0.2) is 0 Å². The first-order chi connectivity index (χ1) is 9.48. The van der Waals surface area contributed by atoms with Crippen molar-refractivity contribution in [3.05, 3.63) is 27.1 Å². The minimum Gasteiger partial charge on any atom is -0.381 e. The van der Waals surface area contributed by atoms with Gasteiger partial charge in [-0.25, -0.2) is 0 Å². The fourth-order valence-electron chi connectivity index (χ4n) is 2.29. The Morgan fingerprint density at radius 3 is 2.75 bits per heavy atom. The van der Waals surface area contributed by atoms with Gasteiger partial charge in [0.05, 0.1) is 15.6 Å². The van der Waals surface area contributed by atoms with E-state index in [0.29, 0.717) is 36.2 Å². The number of nitrogens with one attached hydrogen (secondary N) is 1. The highest BCUT2D eigenvalue weighted by Gasteiger charge is 2.38. The van der Waals surface area contributed by atoms with Crippen molar-refractivity contribution in [1.29, 1.82) is 0 Å². The van der Waals surface area contributed by atoms with Crippen LogP contribution in [0, 0.1) is 5.41 Å². The van der Waals surface area contributed by atoms with E-state index in [9.17, 15) is 9.59 Å². The van der Waals surface area contributed by atoms with Crippen LogP contribution in [0.15, 0.2) is 21.5 Å². The molecule has 1 fully saturated rings. The topological polar surface area (TPSA) is 86.3 Å². The lowest BCUT2D eigenvalue weighted by Crippen LogP contribution is -2.46. The molecule has 20 heavy (non-hydrogen) atoms. The second kappa shape index (κ2) is 6.07. The Morgan fingerprint density at radius 2 is 2.20 bits per heavy atom. The maximum atomic E-state index is 12.5. The van der Waals surface area contributed by atoms with Crippen molar-refractivity contribution >= 4 is 27.5 Å². The van der Waals surface area contributed by atoms with Crippen LogP contribution in [-0.2, 0) is 16.6 Å². The number of nitrogens with zero attached hydrogens (tertiary/aromatic N) is 1. The van der Waals surface area contributed by atoms with Gasteiger partial charge in [-0.1, -0.05) is 0 Å². The number of pyridine rings is 1. The Hall–Kier alpha value is -1.18. The molecule has 0 atom stereocenters. The first-order valence-electron chi connectivity index (χ1n) is 6.44. The molecule has 1 saturated heterocycles. The van der Waals surface area contributed by atoms with Crippen LogP contribution in [-0.4, -0.2) is 30.2 Å². The zero-order valence-electron chi connectivity index (χ0n) is 11.3. The van der Waals surface area contributed by atoms with Gasteiger partial charge in [-0.2, -0.15) is 0 Å². The molecule has 2 heterocycles. The summed E-state index contributed by atoms with van der Waals surface area (Å²) >= 11 is 3.18. The molecule has 0 bridgehead atoms. The fourth-order valence-corrected chi connectivity index (χ4v) is 2.82. The normalized spacial score (nSPS) is 17.8. The number of aromatic nitrogens is 1. The Morgan fingerprint density at radius 1 is 1.55 bits per heavy atom. The van der Waals surface area contributed by atoms with Gasteiger partial charge in [-0.3, -0.25) is 9.59 Å². The van der Waals surface area contributed by atoms with E-state index in [4.69, 9.17) is 10.5 Å². The third-order valence-corrected chi connectivity index (χ3v) is 4.29. The molecule has 6 nitrogen and oxygen atoms in total. The third-order valence-electron chi connectivity index (χ3n) is 3.72. The smallest absolute Gasteiger partial charge is 0.264 e. The molecule has 1 aromatic rings. The van der Waals surface area contributed by atoms with E-state index in [0.717, 1.165) is 0 Å². The zero-order chi connectivity index (χ0) is 14.8. The SMILES string of the molecule is Cn1cc(NC(=O)C2(CN)CCOCC2)cc(Br)c1=O. The molecule has 3 N–H and O–H groups in total. The molecule has 1 aliphatic rings. The number of amides is 1. The monoisotopic (exact) mass is 343 g/mol. The van der Waals surface area contributed by atoms with Crippen LogP contribution >= 0.6 is 15.9 Å². The Kier molecular flexibility index (Phi) is 4.62. The van der Waals surface area contributed by atoms with Gasteiger partial charge < -0.3 is 20.4 Å². The minimum atomic E-state index is -0.584. The molecule has 7 heteroatoms. The largest absolute Gasteiger partial charge is 0.381 e. The number of nitrogens with two attached hydrogens (primary N) is 1. The van der Waals surface area contributed by atoms with Crippen molar-refractivity contribution in [1.82, 2.24) is 4.57 Å². The van der Waals surface area contributed by atoms with Gasteiger partial charge in [0.25, 0.3) is 5.56 Å². The zero-order valence-corrected chi connectivity index (χ0v) is 12.9. The molecule has 110 valence electrons. The van der Waals surface area contributed by atoms with E-state index in [1.165, 1.54) is 4.57 Å². The Bertz CT molecular complexity index is 538. The molecule has 1 aromatic heterocycles. The van der Waals surface area contributed by atoms with Crippen LogP contribution in [0.4, 0.5) is 5.69 Å². The maximum Gasteiger partial charge on any atom is 0.264 e. The predicted octanol–water partition coefficient (Wildman–Crippen LogP) is 0.842. The van der Waals surface area contributed by atoms with Crippen LogP contribution < -0.4 is 16.6 Å². The molecular weight excluding hydrogens is 326 g/mol. The second-order valence-corrected chi connectivity index (χ2v) is 5.90. The lowest BCUT2D eigenvalue weighted by Gasteiger charge is -2.34. The average Bonchev–Trinajstić information content (AvgIpc) is 2.45. The molecule has 1 aliphatic heterocycles. The first kappa shape index (κ1) is 15.2. The van der Waals surface area contributed by atoms with Crippen molar-refractivity contribution in [2.75, 3.05) is 25.1 Å². The molecule has 2 rings (SSSR count). The van der Waals surface area contributed by atoms with E-state index in [1.807, 2.05) is 0 Å². The van der Waals surface area contributed by atoms with Gasteiger partial charge >= 0.3 is 0 Å². The van der Waals surface area contributed by atoms with Crippen LogP contribution in [0.5, 0.6) is 0 Å². The average molecular weight is 344 g/mol. The van der Waals surface area contributed by atoms with Crippen LogP contribution in [0.2, 0.25) is 0 Å². The number of ether oxygens (including phenoxy) is 1. The molecule has 1 amide bonds. The van der Waals surface area contributed by atoms with Crippen molar-refractivity contribution in [3.63, 3.8) is 0 Å². The van der Waals surface area contributed by atoms with E-state index in [2.05, 4.69) is 21.2 Å². The minimum absolute atomic E-state index is 0.117. The van der Waals surface area contributed by atoms with Gasteiger partial charge in [-0.05, 0) is 34.8 Å². The molecule has 0 spiro atoms. The van der Waals surface area contributed by atoms with Crippen molar-refractivity contribution < 1.29 is 9.53 Å². The molecule has 0 unspecified atom stereocenters. The summed E-state index contributed by atoms with van der Waals surface area (Å²) in [4.78, 5) is 24.1. The summed E-state index contributed by atoms with van der Waals surface area (Å²) in [5.41, 5.74) is 5.63. The quantitative estimate of drug-likeness (QED) is 0.851. The summed E-state index contributed by atoms with van der Waals surface area (Å²) in [5.74, 6) is -0.117. The number of anilines is 1. The highest BCUT2D eigenvalue weighted by molar-refractivity contribution is 9.10. The molecule has 0 saturated carbocycles. The lowest BCUT2D eigenvalue weighted by atomic mass is 9.79. The first-order valence-corrected chi connectivity index (χ1v) is 7.23.